The molecule has 4 aromatic rings. The van der Waals surface area contributed by atoms with Gasteiger partial charge in [0.05, 0.1) is 10.6 Å². The Bertz CT molecular complexity index is 1310. The molecule has 8 nitrogen and oxygen atoms in total. The van der Waals surface area contributed by atoms with Gasteiger partial charge < -0.3 is 9.67 Å². The SMILES string of the molecule is CC1=Nc2ccccc2/C1=C\c1sc(=N)n(-c2nonc2-n2cccc2)c1O. The van der Waals surface area contributed by atoms with Crippen molar-refractivity contribution in [2.24, 2.45) is 4.99 Å². The second-order valence-electron chi connectivity index (χ2n) is 6.20. The second kappa shape index (κ2) is 6.17. The van der Waals surface area contributed by atoms with Crippen molar-refractivity contribution in [2.45, 2.75) is 6.92 Å². The number of nitrogens with one attached hydrogen (secondary N) is 1. The number of aromatic nitrogens is 4. The lowest BCUT2D eigenvalue weighted by atomic mass is 10.0. The molecule has 0 atom stereocenters. The molecule has 1 aliphatic rings. The molecule has 0 amide bonds. The highest BCUT2D eigenvalue weighted by atomic mass is 32.1. The van der Waals surface area contributed by atoms with Crippen molar-refractivity contribution in [3.63, 3.8) is 0 Å². The third-order valence-electron chi connectivity index (χ3n) is 4.50. The monoisotopic (exact) mass is 390 g/mol. The topological polar surface area (TPSA) is 105 Å². The largest absolute Gasteiger partial charge is 0.493 e. The number of hydrogen-bond donors (Lipinski definition) is 2. The summed E-state index contributed by atoms with van der Waals surface area (Å²) < 4.78 is 7.90. The molecule has 0 fully saturated rings. The number of thiazole rings is 1. The van der Waals surface area contributed by atoms with Crippen LogP contribution in [0.4, 0.5) is 5.69 Å². The molecule has 28 heavy (non-hydrogen) atoms. The summed E-state index contributed by atoms with van der Waals surface area (Å²) in [5.74, 6) is 0.542. The maximum Gasteiger partial charge on any atom is 0.231 e. The fourth-order valence-corrected chi connectivity index (χ4v) is 4.03. The van der Waals surface area contributed by atoms with Gasteiger partial charge in [-0.1, -0.05) is 29.5 Å². The highest BCUT2D eigenvalue weighted by molar-refractivity contribution is 7.10. The molecule has 9 heteroatoms. The van der Waals surface area contributed by atoms with Crippen molar-refractivity contribution in [1.29, 1.82) is 5.41 Å². The molecule has 1 aliphatic heterocycles. The van der Waals surface area contributed by atoms with Gasteiger partial charge in [-0.25, -0.2) is 9.20 Å². The Hall–Kier alpha value is -3.72. The first kappa shape index (κ1) is 16.5. The van der Waals surface area contributed by atoms with E-state index in [1.165, 1.54) is 4.57 Å². The molecule has 0 aliphatic carbocycles. The maximum atomic E-state index is 10.8. The zero-order chi connectivity index (χ0) is 19.3. The van der Waals surface area contributed by atoms with E-state index >= 15 is 0 Å². The summed E-state index contributed by atoms with van der Waals surface area (Å²) in [7, 11) is 0. The summed E-state index contributed by atoms with van der Waals surface area (Å²) in [6, 6.07) is 11.5. The van der Waals surface area contributed by atoms with Crippen molar-refractivity contribution in [3.8, 4) is 17.5 Å². The van der Waals surface area contributed by atoms with E-state index in [2.05, 4.69) is 15.3 Å². The number of fused-ring (bicyclic) bond motifs is 1. The quantitative estimate of drug-likeness (QED) is 0.558. The van der Waals surface area contributed by atoms with Crippen molar-refractivity contribution >= 4 is 34.4 Å². The number of rotatable bonds is 3. The lowest BCUT2D eigenvalue weighted by Crippen LogP contribution is -2.13. The summed E-state index contributed by atoms with van der Waals surface area (Å²) in [5, 5.41) is 27.0. The van der Waals surface area contributed by atoms with Gasteiger partial charge in [0, 0.05) is 29.2 Å². The molecular weight excluding hydrogens is 376 g/mol. The van der Waals surface area contributed by atoms with Gasteiger partial charge in [0.2, 0.25) is 17.5 Å². The van der Waals surface area contributed by atoms with Gasteiger partial charge in [-0.3, -0.25) is 10.4 Å². The standard InChI is InChI=1S/C19H14N6O2S/c1-11-13(12-6-2-3-7-14(12)21-11)10-15-18(26)25(19(20)28-15)17-16(22-27-23-17)24-8-4-5-9-24/h2-10,20,26H,1H3/b13-10-,20-19?. The fourth-order valence-electron chi connectivity index (χ4n) is 3.20. The minimum Gasteiger partial charge on any atom is -0.493 e. The van der Waals surface area contributed by atoms with E-state index in [-0.39, 0.29) is 16.5 Å². The van der Waals surface area contributed by atoms with E-state index in [1.54, 1.807) is 17.0 Å². The molecule has 5 rings (SSSR count). The van der Waals surface area contributed by atoms with Gasteiger partial charge in [-0.05, 0) is 41.5 Å². The first-order chi connectivity index (χ1) is 13.6. The van der Waals surface area contributed by atoms with Crippen LogP contribution in [-0.2, 0) is 0 Å². The van der Waals surface area contributed by atoms with Crippen LogP contribution in [0.15, 0.2) is 58.4 Å². The summed E-state index contributed by atoms with van der Waals surface area (Å²) >= 11 is 1.14. The maximum absolute atomic E-state index is 10.8. The number of nitrogens with zero attached hydrogens (tertiary/aromatic N) is 5. The van der Waals surface area contributed by atoms with E-state index in [1.807, 2.05) is 49.4 Å². The molecule has 0 saturated carbocycles. The van der Waals surface area contributed by atoms with Crippen molar-refractivity contribution in [1.82, 2.24) is 19.4 Å². The average Bonchev–Trinajstić information content (AvgIpc) is 3.44. The van der Waals surface area contributed by atoms with E-state index in [4.69, 9.17) is 10.0 Å². The lowest BCUT2D eigenvalue weighted by Gasteiger charge is -2.03. The number of aromatic hydroxyl groups is 1. The number of benzene rings is 1. The van der Waals surface area contributed by atoms with Gasteiger partial charge in [0.25, 0.3) is 0 Å². The van der Waals surface area contributed by atoms with Gasteiger partial charge in [-0.2, -0.15) is 0 Å². The Morgan fingerprint density at radius 2 is 1.86 bits per heavy atom. The van der Waals surface area contributed by atoms with E-state index in [0.29, 0.717) is 10.7 Å². The predicted octanol–water partition coefficient (Wildman–Crippen LogP) is 3.54. The van der Waals surface area contributed by atoms with Crippen LogP contribution < -0.4 is 4.80 Å². The van der Waals surface area contributed by atoms with Crippen LogP contribution in [0.2, 0.25) is 0 Å². The van der Waals surface area contributed by atoms with Crippen LogP contribution in [0.1, 0.15) is 17.4 Å². The van der Waals surface area contributed by atoms with Crippen molar-refractivity contribution in [3.05, 3.63) is 64.0 Å². The van der Waals surface area contributed by atoms with Crippen LogP contribution in [0, 0.1) is 5.41 Å². The lowest BCUT2D eigenvalue weighted by molar-refractivity contribution is 0.303. The van der Waals surface area contributed by atoms with Crippen LogP contribution >= 0.6 is 11.3 Å². The Labute approximate surface area is 162 Å². The molecule has 2 N–H and O–H groups in total. The van der Waals surface area contributed by atoms with Gasteiger partial charge in [0.15, 0.2) is 4.80 Å². The Morgan fingerprint density at radius 3 is 2.68 bits per heavy atom. The molecule has 0 bridgehead atoms. The van der Waals surface area contributed by atoms with Crippen LogP contribution in [0.25, 0.3) is 23.3 Å². The molecule has 0 saturated heterocycles. The van der Waals surface area contributed by atoms with Gasteiger partial charge in [-0.15, -0.1) is 0 Å². The molecule has 1 aromatic carbocycles. The first-order valence-corrected chi connectivity index (χ1v) is 9.27. The highest BCUT2D eigenvalue weighted by Crippen LogP contribution is 2.37. The van der Waals surface area contributed by atoms with E-state index < -0.39 is 0 Å². The molecule has 3 aromatic heterocycles. The Balaban J connectivity index is 1.64. The van der Waals surface area contributed by atoms with E-state index in [9.17, 15) is 5.11 Å². The number of hydrogen-bond acceptors (Lipinski definition) is 7. The summed E-state index contributed by atoms with van der Waals surface area (Å²) in [6.45, 7) is 1.93. The Morgan fingerprint density at radius 1 is 1.11 bits per heavy atom. The Kier molecular flexibility index (Phi) is 3.63. The number of allylic oxidation sites excluding steroid dienone is 1. The smallest absolute Gasteiger partial charge is 0.231 e. The first-order valence-electron chi connectivity index (χ1n) is 8.46. The third-order valence-corrected chi connectivity index (χ3v) is 5.40. The average molecular weight is 390 g/mol. The molecule has 0 spiro atoms. The minimum atomic E-state index is -0.0937. The summed E-state index contributed by atoms with van der Waals surface area (Å²) in [5.41, 5.74) is 3.69. The zero-order valence-corrected chi connectivity index (χ0v) is 15.5. The summed E-state index contributed by atoms with van der Waals surface area (Å²) in [4.78, 5) is 5.20. The van der Waals surface area contributed by atoms with Gasteiger partial charge in [0.1, 0.15) is 0 Å². The number of aliphatic imine (C=N–C) groups is 1. The van der Waals surface area contributed by atoms with E-state index in [0.717, 1.165) is 33.9 Å². The van der Waals surface area contributed by atoms with Crippen molar-refractivity contribution < 1.29 is 9.74 Å². The molecule has 4 heterocycles. The van der Waals surface area contributed by atoms with Crippen LogP contribution in [-0.4, -0.2) is 30.3 Å². The molecule has 0 unspecified atom stereocenters. The molecule has 138 valence electrons. The van der Waals surface area contributed by atoms with Crippen molar-refractivity contribution in [2.75, 3.05) is 0 Å². The second-order valence-corrected chi connectivity index (χ2v) is 7.24. The molecular formula is C19H14N6O2S. The minimum absolute atomic E-state index is 0.0937. The van der Waals surface area contributed by atoms with Gasteiger partial charge >= 0.3 is 0 Å². The highest BCUT2D eigenvalue weighted by Gasteiger charge is 2.23. The third kappa shape index (κ3) is 2.44. The van der Waals surface area contributed by atoms with Crippen LogP contribution in [0.3, 0.4) is 0 Å². The fraction of sp³-hybridized carbons (Fsp3) is 0.0526. The molecule has 0 radical (unpaired) electrons. The predicted molar refractivity (Wildman–Crippen MR) is 105 cm³/mol. The number of para-hydroxylation sites is 1. The zero-order valence-electron chi connectivity index (χ0n) is 14.7. The van der Waals surface area contributed by atoms with Crippen LogP contribution in [0.5, 0.6) is 5.88 Å². The summed E-state index contributed by atoms with van der Waals surface area (Å²) in [6.07, 6.45) is 5.42. The normalized spacial score (nSPS) is 14.5.